The van der Waals surface area contributed by atoms with E-state index in [4.69, 9.17) is 9.47 Å². The maximum Gasteiger partial charge on any atom is 0.410 e. The second kappa shape index (κ2) is 8.31. The third-order valence-electron chi connectivity index (χ3n) is 4.92. The Morgan fingerprint density at radius 3 is 2.28 bits per heavy atom. The zero-order valence-corrected chi connectivity index (χ0v) is 17.4. The SMILES string of the molecule is COC(=O)c1ccc([C@H]2CN(C(=O)NC3CC3)CCN2C(=O)OC(C)(C)C)cc1. The number of hydrogen-bond donors (Lipinski definition) is 1. The topological polar surface area (TPSA) is 88.2 Å². The molecule has 1 aliphatic heterocycles. The van der Waals surface area contributed by atoms with Gasteiger partial charge in [0.05, 0.1) is 18.7 Å². The van der Waals surface area contributed by atoms with Gasteiger partial charge in [0.15, 0.2) is 0 Å². The summed E-state index contributed by atoms with van der Waals surface area (Å²) in [6, 6.07) is 6.70. The summed E-state index contributed by atoms with van der Waals surface area (Å²) in [5.41, 5.74) is 0.642. The van der Waals surface area contributed by atoms with Gasteiger partial charge in [0, 0.05) is 25.7 Å². The van der Waals surface area contributed by atoms with E-state index in [9.17, 15) is 14.4 Å². The molecule has 1 aliphatic carbocycles. The van der Waals surface area contributed by atoms with E-state index in [2.05, 4.69) is 5.32 Å². The van der Waals surface area contributed by atoms with Crippen LogP contribution in [0.3, 0.4) is 0 Å². The standard InChI is InChI=1S/C21H29N3O5/c1-21(2,3)29-20(27)24-12-11-23(19(26)22-16-9-10-16)13-17(24)14-5-7-15(8-6-14)18(25)28-4/h5-8,16-17H,9-13H2,1-4H3,(H,22,26)/t17-/m1/s1. The molecule has 8 heteroatoms. The number of amides is 3. The number of methoxy groups -OCH3 is 1. The monoisotopic (exact) mass is 403 g/mol. The summed E-state index contributed by atoms with van der Waals surface area (Å²) in [5, 5.41) is 3.00. The lowest BCUT2D eigenvalue weighted by molar-refractivity contribution is 0.00220. The normalized spacial score (nSPS) is 19.5. The molecular weight excluding hydrogens is 374 g/mol. The van der Waals surface area contributed by atoms with Gasteiger partial charge in [0.2, 0.25) is 0 Å². The van der Waals surface area contributed by atoms with Gasteiger partial charge in [0.25, 0.3) is 0 Å². The Morgan fingerprint density at radius 2 is 1.72 bits per heavy atom. The number of carbonyl (C=O) groups excluding carboxylic acids is 3. The van der Waals surface area contributed by atoms with Crippen molar-refractivity contribution in [2.75, 3.05) is 26.7 Å². The van der Waals surface area contributed by atoms with Crippen molar-refractivity contribution in [3.63, 3.8) is 0 Å². The maximum absolute atomic E-state index is 12.8. The highest BCUT2D eigenvalue weighted by atomic mass is 16.6. The number of urea groups is 1. The van der Waals surface area contributed by atoms with Crippen LogP contribution in [0.1, 0.15) is 55.6 Å². The summed E-state index contributed by atoms with van der Waals surface area (Å²) in [6.45, 7) is 6.64. The van der Waals surface area contributed by atoms with Crippen LogP contribution in [0.25, 0.3) is 0 Å². The van der Waals surface area contributed by atoms with Crippen molar-refractivity contribution in [3.05, 3.63) is 35.4 Å². The molecule has 0 unspecified atom stereocenters. The molecule has 0 spiro atoms. The van der Waals surface area contributed by atoms with Gasteiger partial charge in [-0.1, -0.05) is 12.1 Å². The lowest BCUT2D eigenvalue weighted by Gasteiger charge is -2.41. The number of nitrogens with one attached hydrogen (secondary N) is 1. The van der Waals surface area contributed by atoms with Gasteiger partial charge in [-0.15, -0.1) is 0 Å². The van der Waals surface area contributed by atoms with Gasteiger partial charge in [-0.3, -0.25) is 4.90 Å². The van der Waals surface area contributed by atoms with E-state index in [0.717, 1.165) is 18.4 Å². The molecule has 0 bridgehead atoms. The molecule has 2 fully saturated rings. The zero-order valence-electron chi connectivity index (χ0n) is 17.4. The van der Waals surface area contributed by atoms with Gasteiger partial charge in [-0.2, -0.15) is 0 Å². The quantitative estimate of drug-likeness (QED) is 0.784. The van der Waals surface area contributed by atoms with Gasteiger partial charge in [0.1, 0.15) is 5.60 Å². The predicted molar refractivity (Wildman–Crippen MR) is 107 cm³/mol. The first-order valence-corrected chi connectivity index (χ1v) is 9.91. The average Bonchev–Trinajstić information content (AvgIpc) is 3.49. The van der Waals surface area contributed by atoms with Crippen molar-refractivity contribution < 1.29 is 23.9 Å². The second-order valence-corrected chi connectivity index (χ2v) is 8.47. The van der Waals surface area contributed by atoms with Crippen molar-refractivity contribution in [2.24, 2.45) is 0 Å². The average molecular weight is 403 g/mol. The highest BCUT2D eigenvalue weighted by Crippen LogP contribution is 2.28. The van der Waals surface area contributed by atoms with Crippen LogP contribution in [0.15, 0.2) is 24.3 Å². The van der Waals surface area contributed by atoms with Gasteiger partial charge in [-0.25, -0.2) is 14.4 Å². The Hall–Kier alpha value is -2.77. The Labute approximate surface area is 171 Å². The van der Waals surface area contributed by atoms with Crippen molar-refractivity contribution in [2.45, 2.75) is 51.3 Å². The minimum Gasteiger partial charge on any atom is -0.465 e. The van der Waals surface area contributed by atoms with Crippen LogP contribution in [0.4, 0.5) is 9.59 Å². The largest absolute Gasteiger partial charge is 0.465 e. The Morgan fingerprint density at radius 1 is 1.07 bits per heavy atom. The van der Waals surface area contributed by atoms with Crippen LogP contribution in [0, 0.1) is 0 Å². The van der Waals surface area contributed by atoms with Crippen LogP contribution in [0.5, 0.6) is 0 Å². The van der Waals surface area contributed by atoms with Crippen molar-refractivity contribution in [1.29, 1.82) is 0 Å². The van der Waals surface area contributed by atoms with Crippen LogP contribution < -0.4 is 5.32 Å². The third-order valence-corrected chi connectivity index (χ3v) is 4.92. The van der Waals surface area contributed by atoms with E-state index >= 15 is 0 Å². The number of nitrogens with zero attached hydrogens (tertiary/aromatic N) is 2. The molecule has 1 saturated heterocycles. The number of esters is 1. The van der Waals surface area contributed by atoms with Gasteiger partial charge in [-0.05, 0) is 51.3 Å². The number of rotatable bonds is 3. The smallest absolute Gasteiger partial charge is 0.410 e. The summed E-state index contributed by atoms with van der Waals surface area (Å²) in [7, 11) is 1.33. The first-order chi connectivity index (χ1) is 13.7. The first kappa shape index (κ1) is 21.0. The molecular formula is C21H29N3O5. The lowest BCUT2D eigenvalue weighted by Crippen LogP contribution is -2.55. The zero-order chi connectivity index (χ0) is 21.2. The van der Waals surface area contributed by atoms with E-state index in [0.29, 0.717) is 25.2 Å². The molecule has 3 rings (SSSR count). The maximum atomic E-state index is 12.8. The number of benzene rings is 1. The second-order valence-electron chi connectivity index (χ2n) is 8.47. The minimum absolute atomic E-state index is 0.104. The summed E-state index contributed by atoms with van der Waals surface area (Å²) in [5.74, 6) is -0.422. The predicted octanol–water partition coefficient (Wildman–Crippen LogP) is 2.94. The molecule has 1 atom stereocenters. The number of ether oxygens (including phenoxy) is 2. The van der Waals surface area contributed by atoms with Gasteiger partial charge >= 0.3 is 18.1 Å². The Bertz CT molecular complexity index is 768. The molecule has 1 saturated carbocycles. The Balaban J connectivity index is 1.81. The summed E-state index contributed by atoms with van der Waals surface area (Å²) in [4.78, 5) is 40.4. The fourth-order valence-electron chi connectivity index (χ4n) is 3.24. The molecule has 1 aromatic rings. The van der Waals surface area contributed by atoms with Crippen molar-refractivity contribution in [3.8, 4) is 0 Å². The number of hydrogen-bond acceptors (Lipinski definition) is 5. The fraction of sp³-hybridized carbons (Fsp3) is 0.571. The summed E-state index contributed by atoms with van der Waals surface area (Å²) in [6.07, 6.45) is 1.62. The number of carbonyl (C=O) groups is 3. The van der Waals surface area contributed by atoms with Crippen molar-refractivity contribution in [1.82, 2.24) is 15.1 Å². The Kier molecular flexibility index (Phi) is 6.00. The minimum atomic E-state index is -0.614. The number of piperazine rings is 1. The molecule has 1 heterocycles. The van der Waals surface area contributed by atoms with Crippen LogP contribution >= 0.6 is 0 Å². The molecule has 3 amide bonds. The lowest BCUT2D eigenvalue weighted by atomic mass is 10.0. The summed E-state index contributed by atoms with van der Waals surface area (Å²) < 4.78 is 10.3. The highest BCUT2D eigenvalue weighted by Gasteiger charge is 2.37. The molecule has 2 aliphatic rings. The van der Waals surface area contributed by atoms with Crippen LogP contribution in [-0.2, 0) is 9.47 Å². The molecule has 0 aromatic heterocycles. The van der Waals surface area contributed by atoms with E-state index < -0.39 is 17.7 Å². The van der Waals surface area contributed by atoms with E-state index in [1.165, 1.54) is 7.11 Å². The molecule has 158 valence electrons. The van der Waals surface area contributed by atoms with Gasteiger partial charge < -0.3 is 19.7 Å². The van der Waals surface area contributed by atoms with Crippen molar-refractivity contribution >= 4 is 18.1 Å². The third kappa shape index (κ3) is 5.40. The van der Waals surface area contributed by atoms with E-state index in [1.54, 1.807) is 34.1 Å². The molecule has 8 nitrogen and oxygen atoms in total. The fourth-order valence-corrected chi connectivity index (χ4v) is 3.24. The summed E-state index contributed by atoms with van der Waals surface area (Å²) >= 11 is 0. The molecule has 1 aromatic carbocycles. The first-order valence-electron chi connectivity index (χ1n) is 9.91. The van der Waals surface area contributed by atoms with Crippen LogP contribution in [0.2, 0.25) is 0 Å². The van der Waals surface area contributed by atoms with E-state index in [-0.39, 0.29) is 18.1 Å². The van der Waals surface area contributed by atoms with E-state index in [1.807, 2.05) is 20.8 Å². The molecule has 1 N–H and O–H groups in total. The highest BCUT2D eigenvalue weighted by molar-refractivity contribution is 5.89. The molecule has 0 radical (unpaired) electrons. The molecule has 29 heavy (non-hydrogen) atoms. The van der Waals surface area contributed by atoms with Crippen LogP contribution in [-0.4, -0.2) is 66.3 Å².